The number of aromatic hydroxyl groups is 2. The van der Waals surface area contributed by atoms with E-state index in [2.05, 4.69) is 5.32 Å². The van der Waals surface area contributed by atoms with Gasteiger partial charge in [-0.1, -0.05) is 0 Å². The molecule has 1 atom stereocenters. The number of hydrogen-bond donors (Lipinski definition) is 3. The Morgan fingerprint density at radius 1 is 1.28 bits per heavy atom. The number of hydrogen-bond acceptors (Lipinski definition) is 5. The van der Waals surface area contributed by atoms with Crippen LogP contribution in [0.3, 0.4) is 0 Å². The molecule has 0 spiro atoms. The number of carbonyl (C=O) groups is 1. The monoisotopic (exact) mass is 273 g/mol. The van der Waals surface area contributed by atoms with Gasteiger partial charge in [-0.3, -0.25) is 4.79 Å². The van der Waals surface area contributed by atoms with Crippen molar-refractivity contribution in [1.82, 2.24) is 5.32 Å². The van der Waals surface area contributed by atoms with Gasteiger partial charge in [0.15, 0.2) is 0 Å². The number of phenols is 2. The molecule has 1 unspecified atom stereocenters. The zero-order valence-electron chi connectivity index (χ0n) is 10.0. The Hall–Kier alpha value is -1.76. The maximum Gasteiger partial charge on any atom is 0.251 e. The first-order chi connectivity index (χ1) is 8.17. The normalized spacial score (nSPS) is 13.0. The number of phenolic OH excluding ortho intramolecular Hbond substituents is 2. The summed E-state index contributed by atoms with van der Waals surface area (Å²) in [7, 11) is -3.18. The molecular formula is C11H15NO5S. The predicted molar refractivity (Wildman–Crippen MR) is 66.4 cm³/mol. The number of carbonyl (C=O) groups excluding carboxylic acids is 1. The van der Waals surface area contributed by atoms with E-state index in [0.29, 0.717) is 0 Å². The molecule has 0 fully saturated rings. The molecule has 0 heterocycles. The van der Waals surface area contributed by atoms with Crippen molar-refractivity contribution in [3.63, 3.8) is 0 Å². The van der Waals surface area contributed by atoms with Crippen molar-refractivity contribution in [3.8, 4) is 11.5 Å². The van der Waals surface area contributed by atoms with Gasteiger partial charge in [0.2, 0.25) is 0 Å². The van der Waals surface area contributed by atoms with E-state index >= 15 is 0 Å². The number of amides is 1. The fourth-order valence-corrected chi connectivity index (χ4v) is 2.52. The lowest BCUT2D eigenvalue weighted by molar-refractivity contribution is 0.0943. The van der Waals surface area contributed by atoms with Gasteiger partial charge in [0.05, 0.1) is 5.75 Å². The number of benzene rings is 1. The smallest absolute Gasteiger partial charge is 0.251 e. The van der Waals surface area contributed by atoms with Gasteiger partial charge in [-0.05, 0) is 19.1 Å². The molecule has 100 valence electrons. The van der Waals surface area contributed by atoms with E-state index in [9.17, 15) is 23.4 Å². The highest BCUT2D eigenvalue weighted by Crippen LogP contribution is 2.20. The van der Waals surface area contributed by atoms with Gasteiger partial charge in [0.1, 0.15) is 21.3 Å². The molecule has 6 nitrogen and oxygen atoms in total. The third-order valence-corrected chi connectivity index (χ3v) is 3.20. The second-order valence-corrected chi connectivity index (χ2v) is 6.39. The zero-order chi connectivity index (χ0) is 13.9. The minimum absolute atomic E-state index is 0.0628. The Labute approximate surface area is 105 Å². The summed E-state index contributed by atoms with van der Waals surface area (Å²) in [5, 5.41) is 20.9. The highest BCUT2D eigenvalue weighted by Gasteiger charge is 2.15. The van der Waals surface area contributed by atoms with E-state index in [1.807, 2.05) is 0 Å². The number of rotatable bonds is 4. The van der Waals surface area contributed by atoms with Crippen LogP contribution in [0.15, 0.2) is 18.2 Å². The summed E-state index contributed by atoms with van der Waals surface area (Å²) in [5.74, 6) is -1.21. The lowest BCUT2D eigenvalue weighted by Gasteiger charge is -2.13. The number of sulfone groups is 1. The van der Waals surface area contributed by atoms with E-state index in [1.54, 1.807) is 6.92 Å². The Balaban J connectivity index is 2.76. The molecule has 1 aromatic carbocycles. The van der Waals surface area contributed by atoms with Crippen LogP contribution in [0.25, 0.3) is 0 Å². The van der Waals surface area contributed by atoms with Gasteiger partial charge in [-0.2, -0.15) is 0 Å². The molecule has 1 aromatic rings. The maximum atomic E-state index is 11.7. The van der Waals surface area contributed by atoms with Gasteiger partial charge in [-0.25, -0.2) is 8.42 Å². The average Bonchev–Trinajstić information content (AvgIpc) is 2.12. The van der Waals surface area contributed by atoms with Crippen LogP contribution in [0.2, 0.25) is 0 Å². The molecule has 0 saturated carbocycles. The topological polar surface area (TPSA) is 104 Å². The van der Waals surface area contributed by atoms with Crippen LogP contribution < -0.4 is 5.32 Å². The Kier molecular flexibility index (Phi) is 4.18. The molecule has 0 aliphatic rings. The predicted octanol–water partition coefficient (Wildman–Crippen LogP) is 0.261. The second kappa shape index (κ2) is 5.26. The van der Waals surface area contributed by atoms with Crippen LogP contribution >= 0.6 is 0 Å². The highest BCUT2D eigenvalue weighted by molar-refractivity contribution is 7.90. The van der Waals surface area contributed by atoms with Gasteiger partial charge in [-0.15, -0.1) is 0 Å². The third kappa shape index (κ3) is 4.62. The molecule has 1 amide bonds. The summed E-state index contributed by atoms with van der Waals surface area (Å²) in [6, 6.07) is 2.90. The molecular weight excluding hydrogens is 258 g/mol. The van der Waals surface area contributed by atoms with Crippen LogP contribution in [-0.2, 0) is 9.84 Å². The summed E-state index contributed by atoms with van der Waals surface area (Å²) >= 11 is 0. The lowest BCUT2D eigenvalue weighted by atomic mass is 10.2. The van der Waals surface area contributed by atoms with E-state index < -0.39 is 21.8 Å². The highest BCUT2D eigenvalue weighted by atomic mass is 32.2. The van der Waals surface area contributed by atoms with Crippen molar-refractivity contribution in [2.75, 3.05) is 12.0 Å². The van der Waals surface area contributed by atoms with Crippen LogP contribution in [-0.4, -0.2) is 42.6 Å². The standard InChI is InChI=1S/C11H15NO5S/c1-7(6-18(2,16)17)12-11(15)8-3-9(13)5-10(14)4-8/h3-5,7,13-14H,6H2,1-2H3,(H,12,15). The van der Waals surface area contributed by atoms with Crippen molar-refractivity contribution < 1.29 is 23.4 Å². The minimum Gasteiger partial charge on any atom is -0.508 e. The molecule has 0 radical (unpaired) electrons. The van der Waals surface area contributed by atoms with Gasteiger partial charge < -0.3 is 15.5 Å². The second-order valence-electron chi connectivity index (χ2n) is 4.21. The quantitative estimate of drug-likeness (QED) is 0.730. The van der Waals surface area contributed by atoms with Crippen molar-refractivity contribution in [3.05, 3.63) is 23.8 Å². The lowest BCUT2D eigenvalue weighted by Crippen LogP contribution is -2.37. The molecule has 0 aromatic heterocycles. The Morgan fingerprint density at radius 3 is 2.22 bits per heavy atom. The fourth-order valence-electron chi connectivity index (χ4n) is 1.53. The van der Waals surface area contributed by atoms with Crippen LogP contribution in [0, 0.1) is 0 Å². The molecule has 0 bridgehead atoms. The SMILES string of the molecule is CC(CS(C)(=O)=O)NC(=O)c1cc(O)cc(O)c1. The van der Waals surface area contributed by atoms with Gasteiger partial charge in [0.25, 0.3) is 5.91 Å². The first-order valence-electron chi connectivity index (χ1n) is 5.19. The van der Waals surface area contributed by atoms with Crippen LogP contribution in [0.1, 0.15) is 17.3 Å². The zero-order valence-corrected chi connectivity index (χ0v) is 10.9. The fraction of sp³-hybridized carbons (Fsp3) is 0.364. The molecule has 18 heavy (non-hydrogen) atoms. The molecule has 1 rings (SSSR count). The summed E-state index contributed by atoms with van der Waals surface area (Å²) in [4.78, 5) is 11.7. The first kappa shape index (κ1) is 14.3. The van der Waals surface area contributed by atoms with Crippen LogP contribution in [0.4, 0.5) is 0 Å². The molecule has 0 aliphatic carbocycles. The van der Waals surface area contributed by atoms with Gasteiger partial charge in [0, 0.05) is 23.9 Å². The van der Waals surface area contributed by atoms with Crippen molar-refractivity contribution in [1.29, 1.82) is 0 Å². The Bertz CT molecular complexity index is 532. The summed E-state index contributed by atoms with van der Waals surface area (Å²) < 4.78 is 22.1. The molecule has 3 N–H and O–H groups in total. The Morgan fingerprint density at radius 2 is 1.78 bits per heavy atom. The van der Waals surface area contributed by atoms with E-state index in [-0.39, 0.29) is 22.8 Å². The summed E-state index contributed by atoms with van der Waals surface area (Å²) in [6.07, 6.45) is 1.08. The van der Waals surface area contributed by atoms with E-state index in [1.165, 1.54) is 12.1 Å². The number of nitrogens with one attached hydrogen (secondary N) is 1. The van der Waals surface area contributed by atoms with E-state index in [4.69, 9.17) is 0 Å². The molecule has 0 saturated heterocycles. The summed E-state index contributed by atoms with van der Waals surface area (Å²) in [6.45, 7) is 1.56. The van der Waals surface area contributed by atoms with Crippen molar-refractivity contribution in [2.45, 2.75) is 13.0 Å². The van der Waals surface area contributed by atoms with Gasteiger partial charge >= 0.3 is 0 Å². The minimum atomic E-state index is -3.18. The van der Waals surface area contributed by atoms with Crippen molar-refractivity contribution >= 4 is 15.7 Å². The molecule has 7 heteroatoms. The average molecular weight is 273 g/mol. The largest absolute Gasteiger partial charge is 0.508 e. The molecule has 0 aliphatic heterocycles. The maximum absolute atomic E-state index is 11.7. The first-order valence-corrected chi connectivity index (χ1v) is 7.25. The third-order valence-electron chi connectivity index (χ3n) is 2.09. The van der Waals surface area contributed by atoms with Crippen molar-refractivity contribution in [2.24, 2.45) is 0 Å². The summed E-state index contributed by atoms with van der Waals surface area (Å²) in [5.41, 5.74) is 0.0628. The van der Waals surface area contributed by atoms with Crippen LogP contribution in [0.5, 0.6) is 11.5 Å². The van der Waals surface area contributed by atoms with E-state index in [0.717, 1.165) is 12.3 Å².